The molecule has 0 saturated heterocycles. The number of hydrogen-bond acceptors (Lipinski definition) is 3. The standard InChI is InChI=1S/C6H5F3O4/c7-6(8,9)5(3-4(10)11)12-1-2-13-5/h1-2H,3H2,(H,10,11). The number of ether oxygens (including phenoxy) is 2. The zero-order chi connectivity index (χ0) is 10.1. The van der Waals surface area contributed by atoms with E-state index in [9.17, 15) is 18.0 Å². The highest BCUT2D eigenvalue weighted by Gasteiger charge is 2.62. The summed E-state index contributed by atoms with van der Waals surface area (Å²) in [5.74, 6) is -4.71. The van der Waals surface area contributed by atoms with Crippen LogP contribution >= 0.6 is 0 Å². The Morgan fingerprint density at radius 3 is 2.15 bits per heavy atom. The molecule has 0 saturated carbocycles. The minimum Gasteiger partial charge on any atom is -0.481 e. The van der Waals surface area contributed by atoms with Crippen LogP contribution in [-0.4, -0.2) is 23.0 Å². The summed E-state index contributed by atoms with van der Waals surface area (Å²) in [6.07, 6.45) is -4.84. The predicted octanol–water partition coefficient (Wildman–Crippen LogP) is 1.24. The highest BCUT2D eigenvalue weighted by Crippen LogP contribution is 2.40. The third-order valence-corrected chi connectivity index (χ3v) is 1.39. The molecule has 0 aromatic rings. The van der Waals surface area contributed by atoms with Gasteiger partial charge in [-0.1, -0.05) is 0 Å². The Bertz CT molecular complexity index is 237. The molecule has 74 valence electrons. The second-order valence-electron chi connectivity index (χ2n) is 2.33. The largest absolute Gasteiger partial charge is 0.481 e. The van der Waals surface area contributed by atoms with Gasteiger partial charge in [0.25, 0.3) is 0 Å². The maximum Gasteiger partial charge on any atom is 0.468 e. The quantitative estimate of drug-likeness (QED) is 0.725. The molecule has 0 radical (unpaired) electrons. The zero-order valence-electron chi connectivity index (χ0n) is 6.17. The van der Waals surface area contributed by atoms with E-state index in [1.54, 1.807) is 0 Å². The van der Waals surface area contributed by atoms with Crippen molar-refractivity contribution in [1.29, 1.82) is 0 Å². The third-order valence-electron chi connectivity index (χ3n) is 1.39. The molecule has 1 N–H and O–H groups in total. The molecule has 1 heterocycles. The second-order valence-corrected chi connectivity index (χ2v) is 2.33. The first-order valence-electron chi connectivity index (χ1n) is 3.16. The van der Waals surface area contributed by atoms with Gasteiger partial charge in [0.2, 0.25) is 0 Å². The summed E-state index contributed by atoms with van der Waals surface area (Å²) < 4.78 is 44.9. The van der Waals surface area contributed by atoms with Crippen LogP contribution in [-0.2, 0) is 14.3 Å². The predicted molar refractivity (Wildman–Crippen MR) is 32.3 cm³/mol. The average molecular weight is 198 g/mol. The van der Waals surface area contributed by atoms with Crippen molar-refractivity contribution in [3.63, 3.8) is 0 Å². The summed E-state index contributed by atoms with van der Waals surface area (Å²) in [6.45, 7) is 0. The summed E-state index contributed by atoms with van der Waals surface area (Å²) in [7, 11) is 0. The number of carboxylic acid groups (broad SMARTS) is 1. The van der Waals surface area contributed by atoms with Crippen molar-refractivity contribution in [3.05, 3.63) is 12.5 Å². The SMILES string of the molecule is O=C(O)CC1(C(F)(F)F)OC=CO1. The molecule has 0 aromatic heterocycles. The van der Waals surface area contributed by atoms with Crippen LogP contribution < -0.4 is 0 Å². The summed E-state index contributed by atoms with van der Waals surface area (Å²) in [5, 5.41) is 8.21. The van der Waals surface area contributed by atoms with E-state index in [4.69, 9.17) is 5.11 Å². The van der Waals surface area contributed by atoms with Crippen molar-refractivity contribution >= 4 is 5.97 Å². The molecule has 0 bridgehead atoms. The lowest BCUT2D eigenvalue weighted by atomic mass is 10.2. The number of rotatable bonds is 2. The molecule has 1 aliphatic heterocycles. The topological polar surface area (TPSA) is 55.8 Å². The van der Waals surface area contributed by atoms with Crippen LogP contribution in [0.4, 0.5) is 13.2 Å². The Morgan fingerprint density at radius 2 is 1.85 bits per heavy atom. The molecule has 4 nitrogen and oxygen atoms in total. The minimum atomic E-state index is -4.88. The summed E-state index contributed by atoms with van der Waals surface area (Å²) in [5.41, 5.74) is 0. The van der Waals surface area contributed by atoms with Gasteiger partial charge in [-0.25, -0.2) is 0 Å². The number of carboxylic acids is 1. The van der Waals surface area contributed by atoms with E-state index in [1.165, 1.54) is 0 Å². The van der Waals surface area contributed by atoms with Crippen molar-refractivity contribution in [2.75, 3.05) is 0 Å². The smallest absolute Gasteiger partial charge is 0.468 e. The number of hydrogen-bond donors (Lipinski definition) is 1. The number of alkyl halides is 3. The van der Waals surface area contributed by atoms with Gasteiger partial charge < -0.3 is 14.6 Å². The third kappa shape index (κ3) is 1.68. The van der Waals surface area contributed by atoms with Crippen LogP contribution in [0.3, 0.4) is 0 Å². The van der Waals surface area contributed by atoms with Crippen LogP contribution in [0.5, 0.6) is 0 Å². The Hall–Kier alpha value is -1.40. The van der Waals surface area contributed by atoms with Crippen LogP contribution in [0.25, 0.3) is 0 Å². The Balaban J connectivity index is 2.83. The fourth-order valence-electron chi connectivity index (χ4n) is 0.819. The molecule has 1 rings (SSSR count). The van der Waals surface area contributed by atoms with E-state index < -0.39 is 24.4 Å². The number of carbonyl (C=O) groups is 1. The Kier molecular flexibility index (Phi) is 2.10. The number of halogens is 3. The van der Waals surface area contributed by atoms with E-state index in [1.807, 2.05) is 0 Å². The van der Waals surface area contributed by atoms with Crippen molar-refractivity contribution in [1.82, 2.24) is 0 Å². The van der Waals surface area contributed by atoms with E-state index in [0.29, 0.717) is 12.5 Å². The van der Waals surface area contributed by atoms with E-state index in [0.717, 1.165) is 0 Å². The van der Waals surface area contributed by atoms with E-state index >= 15 is 0 Å². The molecule has 7 heteroatoms. The lowest BCUT2D eigenvalue weighted by Crippen LogP contribution is -2.47. The minimum absolute atomic E-state index is 0.663. The van der Waals surface area contributed by atoms with Gasteiger partial charge in [-0.05, 0) is 0 Å². The van der Waals surface area contributed by atoms with Crippen molar-refractivity contribution in [2.45, 2.75) is 18.4 Å². The second kappa shape index (κ2) is 2.82. The molecule has 1 aliphatic rings. The summed E-state index contributed by atoms with van der Waals surface area (Å²) >= 11 is 0. The summed E-state index contributed by atoms with van der Waals surface area (Å²) in [4.78, 5) is 10.1. The molecule has 0 atom stereocenters. The van der Waals surface area contributed by atoms with Gasteiger partial charge in [0.1, 0.15) is 18.9 Å². The van der Waals surface area contributed by atoms with Crippen molar-refractivity contribution in [3.8, 4) is 0 Å². The maximum absolute atomic E-state index is 12.2. The van der Waals surface area contributed by atoms with Crippen molar-refractivity contribution < 1.29 is 32.5 Å². The Morgan fingerprint density at radius 1 is 1.38 bits per heavy atom. The molecule has 0 amide bonds. The lowest BCUT2D eigenvalue weighted by molar-refractivity contribution is -0.336. The van der Waals surface area contributed by atoms with Crippen molar-refractivity contribution in [2.24, 2.45) is 0 Å². The van der Waals surface area contributed by atoms with Crippen LogP contribution in [0.2, 0.25) is 0 Å². The maximum atomic E-state index is 12.2. The van der Waals surface area contributed by atoms with Crippen LogP contribution in [0.1, 0.15) is 6.42 Å². The van der Waals surface area contributed by atoms with Gasteiger partial charge in [-0.15, -0.1) is 0 Å². The fraction of sp³-hybridized carbons (Fsp3) is 0.500. The fourth-order valence-corrected chi connectivity index (χ4v) is 0.819. The van der Waals surface area contributed by atoms with Gasteiger partial charge in [-0.3, -0.25) is 4.79 Å². The molecule has 0 unspecified atom stereocenters. The lowest BCUT2D eigenvalue weighted by Gasteiger charge is -2.27. The molecule has 13 heavy (non-hydrogen) atoms. The van der Waals surface area contributed by atoms with Crippen LogP contribution in [0.15, 0.2) is 12.5 Å². The highest BCUT2D eigenvalue weighted by molar-refractivity contribution is 5.68. The summed E-state index contributed by atoms with van der Waals surface area (Å²) in [6, 6.07) is 0. The van der Waals surface area contributed by atoms with E-state index in [2.05, 4.69) is 9.47 Å². The molecular weight excluding hydrogens is 193 g/mol. The first kappa shape index (κ1) is 9.69. The first-order valence-corrected chi connectivity index (χ1v) is 3.16. The molecule has 0 aromatic carbocycles. The van der Waals surface area contributed by atoms with Crippen LogP contribution in [0, 0.1) is 0 Å². The van der Waals surface area contributed by atoms with Gasteiger partial charge >= 0.3 is 17.9 Å². The van der Waals surface area contributed by atoms with E-state index in [-0.39, 0.29) is 0 Å². The zero-order valence-corrected chi connectivity index (χ0v) is 6.17. The molecule has 0 aliphatic carbocycles. The van der Waals surface area contributed by atoms with Gasteiger partial charge in [0, 0.05) is 0 Å². The molecule has 0 spiro atoms. The monoisotopic (exact) mass is 198 g/mol. The average Bonchev–Trinajstić information content (AvgIpc) is 2.33. The number of aliphatic carboxylic acids is 1. The van der Waals surface area contributed by atoms with Gasteiger partial charge in [0.05, 0.1) is 0 Å². The normalized spacial score (nSPS) is 19.3. The Labute approximate surface area is 70.5 Å². The highest BCUT2D eigenvalue weighted by atomic mass is 19.4. The molecule has 0 fully saturated rings. The first-order chi connectivity index (χ1) is 5.87. The van der Waals surface area contributed by atoms with Gasteiger partial charge in [-0.2, -0.15) is 13.2 Å². The van der Waals surface area contributed by atoms with Gasteiger partial charge in [0.15, 0.2) is 0 Å². The molecular formula is C6H5F3O4.